The smallest absolute Gasteiger partial charge is 0.317 e. The normalized spacial score (nSPS) is 10.7. The van der Waals surface area contributed by atoms with Crippen molar-refractivity contribution in [3.05, 3.63) is 46.6 Å². The van der Waals surface area contributed by atoms with Crippen LogP contribution in [0.5, 0.6) is 0 Å². The minimum atomic E-state index is -0.454. The number of urea groups is 1. The molecule has 140 valence electrons. The van der Waals surface area contributed by atoms with Gasteiger partial charge in [-0.15, -0.1) is 0 Å². The second kappa shape index (κ2) is 9.19. The van der Waals surface area contributed by atoms with Gasteiger partial charge in [-0.05, 0) is 31.5 Å². The molecule has 2 rings (SSSR count). The molecule has 26 heavy (non-hydrogen) atoms. The minimum absolute atomic E-state index is 0.0612. The summed E-state index contributed by atoms with van der Waals surface area (Å²) in [4.78, 5) is 29.4. The lowest BCUT2D eigenvalue weighted by atomic mass is 10.2. The second-order valence-corrected chi connectivity index (χ2v) is 6.54. The maximum absolute atomic E-state index is 12.1. The van der Waals surface area contributed by atoms with Crippen LogP contribution in [-0.4, -0.2) is 46.6 Å². The third-order valence-electron chi connectivity index (χ3n) is 3.46. The quantitative estimate of drug-likeness (QED) is 0.768. The van der Waals surface area contributed by atoms with E-state index >= 15 is 0 Å². The molecule has 0 saturated carbocycles. The van der Waals surface area contributed by atoms with E-state index in [1.807, 2.05) is 26.0 Å². The Morgan fingerprint density at radius 3 is 2.62 bits per heavy atom. The molecule has 0 unspecified atom stereocenters. The first-order valence-electron chi connectivity index (χ1n) is 8.22. The van der Waals surface area contributed by atoms with E-state index in [1.54, 1.807) is 19.2 Å². The zero-order chi connectivity index (χ0) is 19.1. The van der Waals surface area contributed by atoms with Crippen molar-refractivity contribution in [3.63, 3.8) is 0 Å². The Kier molecular flexibility index (Phi) is 6.97. The largest absolute Gasteiger partial charge is 0.344 e. The topological polar surface area (TPSA) is 100 Å². The van der Waals surface area contributed by atoms with Gasteiger partial charge < -0.3 is 20.1 Å². The van der Waals surface area contributed by atoms with Crippen molar-refractivity contribution in [1.29, 1.82) is 0 Å². The number of amides is 3. The summed E-state index contributed by atoms with van der Waals surface area (Å²) in [5, 5.41) is 9.89. The summed E-state index contributed by atoms with van der Waals surface area (Å²) < 4.78 is 4.98. The zero-order valence-electron chi connectivity index (χ0n) is 15.0. The second-order valence-electron chi connectivity index (χ2n) is 6.10. The fourth-order valence-electron chi connectivity index (χ4n) is 2.03. The average molecular weight is 380 g/mol. The van der Waals surface area contributed by atoms with Gasteiger partial charge in [0.25, 0.3) is 0 Å². The summed E-state index contributed by atoms with van der Waals surface area (Å²) >= 11 is 5.82. The van der Waals surface area contributed by atoms with Crippen LogP contribution in [0.25, 0.3) is 0 Å². The van der Waals surface area contributed by atoms with Gasteiger partial charge in [0.15, 0.2) is 5.82 Å². The molecule has 0 aliphatic heterocycles. The molecule has 1 aromatic carbocycles. The molecule has 0 saturated heterocycles. The number of carbonyl (C=O) groups excluding carboxylic acids is 2. The van der Waals surface area contributed by atoms with Crippen molar-refractivity contribution in [2.45, 2.75) is 32.9 Å². The number of nitrogens with one attached hydrogen (secondary N) is 2. The van der Waals surface area contributed by atoms with Crippen LogP contribution in [0.4, 0.5) is 4.79 Å². The van der Waals surface area contributed by atoms with Gasteiger partial charge in [0.05, 0.1) is 0 Å². The van der Waals surface area contributed by atoms with E-state index in [1.165, 1.54) is 4.90 Å². The third kappa shape index (κ3) is 6.03. The number of hydrogen-bond acceptors (Lipinski definition) is 5. The number of carbonyl (C=O) groups is 2. The summed E-state index contributed by atoms with van der Waals surface area (Å²) in [5.41, 5.74) is 0.903. The predicted molar refractivity (Wildman–Crippen MR) is 96.9 cm³/mol. The molecule has 0 radical (unpaired) electrons. The Labute approximate surface area is 156 Å². The molecule has 0 atom stereocenters. The van der Waals surface area contributed by atoms with E-state index in [0.29, 0.717) is 30.4 Å². The Bertz CT molecular complexity index is 745. The fourth-order valence-corrected chi connectivity index (χ4v) is 2.16. The van der Waals surface area contributed by atoms with Crippen LogP contribution in [0.2, 0.25) is 5.02 Å². The molecule has 0 bridgehead atoms. The molecule has 2 N–H and O–H groups in total. The van der Waals surface area contributed by atoms with Gasteiger partial charge >= 0.3 is 17.8 Å². The van der Waals surface area contributed by atoms with Crippen LogP contribution in [0.1, 0.15) is 35.9 Å². The van der Waals surface area contributed by atoms with E-state index in [-0.39, 0.29) is 18.0 Å². The lowest BCUT2D eigenvalue weighted by molar-refractivity contribution is 0.0907. The Balaban J connectivity index is 1.81. The van der Waals surface area contributed by atoms with Crippen LogP contribution in [0.3, 0.4) is 0 Å². The first-order chi connectivity index (χ1) is 12.3. The minimum Gasteiger partial charge on any atom is -0.344 e. The summed E-state index contributed by atoms with van der Waals surface area (Å²) in [7, 11) is 1.68. The highest BCUT2D eigenvalue weighted by Gasteiger charge is 2.16. The molecule has 0 aliphatic carbocycles. The number of benzene rings is 1. The molecule has 2 aromatic rings. The van der Waals surface area contributed by atoms with E-state index in [9.17, 15) is 9.59 Å². The SMILES string of the molecule is CC(C)NC(=O)N(C)CCc1noc(C(=O)NCc2ccc(Cl)cc2)n1. The maximum atomic E-state index is 12.1. The summed E-state index contributed by atoms with van der Waals surface area (Å²) in [6.07, 6.45) is 0.385. The van der Waals surface area contributed by atoms with Gasteiger partial charge in [0.1, 0.15) is 0 Å². The lowest BCUT2D eigenvalue weighted by Gasteiger charge is -2.18. The molecule has 9 heteroatoms. The Morgan fingerprint density at radius 2 is 1.96 bits per heavy atom. The number of aromatic nitrogens is 2. The van der Waals surface area contributed by atoms with Gasteiger partial charge in [-0.1, -0.05) is 28.9 Å². The Hall–Kier alpha value is -2.61. The highest BCUT2D eigenvalue weighted by atomic mass is 35.5. The van der Waals surface area contributed by atoms with Gasteiger partial charge in [-0.25, -0.2) is 4.79 Å². The van der Waals surface area contributed by atoms with Gasteiger partial charge in [0, 0.05) is 37.6 Å². The molecular formula is C17H22ClN5O3. The van der Waals surface area contributed by atoms with E-state index in [2.05, 4.69) is 20.8 Å². The molecule has 0 spiro atoms. The van der Waals surface area contributed by atoms with Gasteiger partial charge in [0.2, 0.25) is 0 Å². The average Bonchev–Trinajstić information content (AvgIpc) is 3.07. The first kappa shape index (κ1) is 19.7. The number of nitrogens with zero attached hydrogens (tertiary/aromatic N) is 3. The summed E-state index contributed by atoms with van der Waals surface area (Å²) in [5.74, 6) is -0.196. The molecule has 8 nitrogen and oxygen atoms in total. The van der Waals surface area contributed by atoms with Crippen molar-refractivity contribution in [2.24, 2.45) is 0 Å². The highest BCUT2D eigenvalue weighted by Crippen LogP contribution is 2.09. The first-order valence-corrected chi connectivity index (χ1v) is 8.60. The summed E-state index contributed by atoms with van der Waals surface area (Å²) in [6, 6.07) is 7.02. The number of likely N-dealkylation sites (N-methyl/N-ethyl adjacent to an activating group) is 1. The molecule has 3 amide bonds. The van der Waals surface area contributed by atoms with Crippen molar-refractivity contribution < 1.29 is 14.1 Å². The lowest BCUT2D eigenvalue weighted by Crippen LogP contribution is -2.41. The molecule has 0 aliphatic rings. The molecule has 1 aromatic heterocycles. The molecule has 1 heterocycles. The van der Waals surface area contributed by atoms with Crippen LogP contribution < -0.4 is 10.6 Å². The molecule has 0 fully saturated rings. The standard InChI is InChI=1S/C17H22ClN5O3/c1-11(2)20-17(25)23(3)9-8-14-21-16(26-22-14)15(24)19-10-12-4-6-13(18)7-5-12/h4-7,11H,8-10H2,1-3H3,(H,19,24)(H,20,25). The fraction of sp³-hybridized carbons (Fsp3) is 0.412. The predicted octanol–water partition coefficient (Wildman–Crippen LogP) is 2.25. The van der Waals surface area contributed by atoms with Crippen molar-refractivity contribution in [1.82, 2.24) is 25.7 Å². The summed E-state index contributed by atoms with van der Waals surface area (Å²) in [6.45, 7) is 4.51. The van der Waals surface area contributed by atoms with Crippen molar-refractivity contribution in [2.75, 3.05) is 13.6 Å². The zero-order valence-corrected chi connectivity index (χ0v) is 15.7. The highest BCUT2D eigenvalue weighted by molar-refractivity contribution is 6.30. The van der Waals surface area contributed by atoms with Crippen LogP contribution in [-0.2, 0) is 13.0 Å². The van der Waals surface area contributed by atoms with E-state index in [4.69, 9.17) is 16.1 Å². The van der Waals surface area contributed by atoms with Crippen LogP contribution >= 0.6 is 11.6 Å². The van der Waals surface area contributed by atoms with Crippen molar-refractivity contribution in [3.8, 4) is 0 Å². The Morgan fingerprint density at radius 1 is 1.27 bits per heavy atom. The van der Waals surface area contributed by atoms with Crippen LogP contribution in [0, 0.1) is 0 Å². The monoisotopic (exact) mass is 379 g/mol. The van der Waals surface area contributed by atoms with E-state index < -0.39 is 5.91 Å². The number of halogens is 1. The molecular weight excluding hydrogens is 358 g/mol. The number of hydrogen-bond donors (Lipinski definition) is 2. The number of rotatable bonds is 7. The van der Waals surface area contributed by atoms with Crippen LogP contribution in [0.15, 0.2) is 28.8 Å². The van der Waals surface area contributed by atoms with Gasteiger partial charge in [-0.3, -0.25) is 4.79 Å². The maximum Gasteiger partial charge on any atom is 0.317 e. The van der Waals surface area contributed by atoms with Crippen molar-refractivity contribution >= 4 is 23.5 Å². The van der Waals surface area contributed by atoms with Gasteiger partial charge in [-0.2, -0.15) is 4.98 Å². The third-order valence-corrected chi connectivity index (χ3v) is 3.71. The van der Waals surface area contributed by atoms with E-state index in [0.717, 1.165) is 5.56 Å².